The number of carbonyl (C=O) groups is 1. The molecule has 1 fully saturated rings. The number of likely N-dealkylation sites (tertiary alicyclic amines) is 1. The van der Waals surface area contributed by atoms with Crippen LogP contribution in [0.3, 0.4) is 0 Å². The minimum atomic E-state index is -0.849. The second-order valence-electron chi connectivity index (χ2n) is 3.73. The number of rotatable bonds is 2. The van der Waals surface area contributed by atoms with Gasteiger partial charge in [0.05, 0.1) is 6.54 Å². The zero-order valence-corrected chi connectivity index (χ0v) is 9.40. The Morgan fingerprint density at radius 3 is 2.47 bits per heavy atom. The topological polar surface area (TPSA) is 83.3 Å². The fraction of sp³-hybridized carbons (Fsp3) is 0.364. The third-order valence-electron chi connectivity index (χ3n) is 2.53. The minimum absolute atomic E-state index is 0. The number of carbonyl (C=O) groups excluding carboxylic acids is 1. The van der Waals surface area contributed by atoms with Crippen molar-refractivity contribution in [2.45, 2.75) is 12.6 Å². The molecule has 1 saturated heterocycles. The Hall–Kier alpha value is -1.40. The van der Waals surface area contributed by atoms with Gasteiger partial charge < -0.3 is 15.9 Å². The molecule has 1 atom stereocenters. The van der Waals surface area contributed by atoms with Crippen LogP contribution in [0, 0.1) is 0 Å². The van der Waals surface area contributed by atoms with Gasteiger partial charge in [0.1, 0.15) is 6.17 Å². The molecule has 1 radical (unpaired) electrons. The monoisotopic (exact) mass is 240 g/mol. The molecule has 0 saturated carbocycles. The van der Waals surface area contributed by atoms with Gasteiger partial charge in [0, 0.05) is 6.54 Å². The van der Waals surface area contributed by atoms with Crippen molar-refractivity contribution in [1.29, 1.82) is 0 Å². The van der Waals surface area contributed by atoms with Crippen LogP contribution in [-0.2, 0) is 0 Å². The summed E-state index contributed by atoms with van der Waals surface area (Å²) < 4.78 is 12.9. The lowest BCUT2D eigenvalue weighted by Crippen LogP contribution is -2.36. The molecule has 1 aliphatic heterocycles. The van der Waals surface area contributed by atoms with Crippen LogP contribution in [0.25, 0.3) is 0 Å². The Kier molecular flexibility index (Phi) is 6.46. The van der Waals surface area contributed by atoms with E-state index < -0.39 is 6.17 Å². The SMILES string of the molecule is O.O.O=C([B]c1ccccc1)N1CCC(F)C1. The van der Waals surface area contributed by atoms with E-state index in [9.17, 15) is 9.18 Å². The van der Waals surface area contributed by atoms with Crippen molar-refractivity contribution in [3.63, 3.8) is 0 Å². The Labute approximate surface area is 100 Å². The van der Waals surface area contributed by atoms with E-state index in [0.717, 1.165) is 5.46 Å². The molecule has 93 valence electrons. The number of hydrogen-bond acceptors (Lipinski definition) is 1. The first-order valence-corrected chi connectivity index (χ1v) is 5.08. The van der Waals surface area contributed by atoms with Gasteiger partial charge in [-0.3, -0.25) is 4.79 Å². The summed E-state index contributed by atoms with van der Waals surface area (Å²) in [4.78, 5) is 13.2. The van der Waals surface area contributed by atoms with E-state index in [1.54, 1.807) is 12.2 Å². The van der Waals surface area contributed by atoms with Gasteiger partial charge >= 0.3 is 0 Å². The van der Waals surface area contributed by atoms with Crippen LogP contribution in [-0.4, -0.2) is 48.2 Å². The van der Waals surface area contributed by atoms with Gasteiger partial charge in [0.15, 0.2) is 5.81 Å². The zero-order chi connectivity index (χ0) is 10.7. The summed E-state index contributed by atoms with van der Waals surface area (Å²) in [5.41, 5.74) is 0.866. The lowest BCUT2D eigenvalue weighted by Gasteiger charge is -2.14. The summed E-state index contributed by atoms with van der Waals surface area (Å²) >= 11 is 0. The molecule has 0 spiro atoms. The summed E-state index contributed by atoms with van der Waals surface area (Å²) in [7, 11) is 1.55. The highest BCUT2D eigenvalue weighted by Gasteiger charge is 2.25. The van der Waals surface area contributed by atoms with E-state index in [1.165, 1.54) is 0 Å². The maximum Gasteiger partial charge on any atom is 0.271 e. The first-order chi connectivity index (χ1) is 7.25. The molecular formula is C11H16BFNO3. The second kappa shape index (κ2) is 7.03. The molecule has 1 aromatic carbocycles. The highest BCUT2D eigenvalue weighted by Crippen LogP contribution is 2.12. The predicted molar refractivity (Wildman–Crippen MR) is 65.5 cm³/mol. The molecular weight excluding hydrogens is 224 g/mol. The molecule has 17 heavy (non-hydrogen) atoms. The normalized spacial score (nSPS) is 17.9. The summed E-state index contributed by atoms with van der Waals surface area (Å²) in [6, 6.07) is 9.37. The van der Waals surface area contributed by atoms with Crippen LogP contribution in [0.5, 0.6) is 0 Å². The summed E-state index contributed by atoms with van der Waals surface area (Å²) in [6.07, 6.45) is -0.382. The van der Waals surface area contributed by atoms with Crippen molar-refractivity contribution < 1.29 is 20.1 Å². The molecule has 0 aromatic heterocycles. The smallest absolute Gasteiger partial charge is 0.271 e. The van der Waals surface area contributed by atoms with Gasteiger partial charge in [0.2, 0.25) is 0 Å². The van der Waals surface area contributed by atoms with Crippen LogP contribution in [0.15, 0.2) is 30.3 Å². The lowest BCUT2D eigenvalue weighted by atomic mass is 9.69. The first-order valence-electron chi connectivity index (χ1n) is 5.08. The highest BCUT2D eigenvalue weighted by molar-refractivity contribution is 6.83. The fourth-order valence-corrected chi connectivity index (χ4v) is 1.70. The average Bonchev–Trinajstić information content (AvgIpc) is 2.66. The van der Waals surface area contributed by atoms with Crippen molar-refractivity contribution in [2.24, 2.45) is 0 Å². The van der Waals surface area contributed by atoms with Gasteiger partial charge in [-0.2, -0.15) is 0 Å². The third kappa shape index (κ3) is 4.16. The second-order valence-corrected chi connectivity index (χ2v) is 3.73. The van der Waals surface area contributed by atoms with Gasteiger partial charge in [-0.15, -0.1) is 0 Å². The number of amides is 1. The molecule has 1 unspecified atom stereocenters. The largest absolute Gasteiger partial charge is 0.412 e. The number of halogens is 1. The van der Waals surface area contributed by atoms with E-state index in [2.05, 4.69) is 0 Å². The number of hydrogen-bond donors (Lipinski definition) is 0. The van der Waals surface area contributed by atoms with Crippen LogP contribution in [0.2, 0.25) is 0 Å². The summed E-state index contributed by atoms with van der Waals surface area (Å²) in [5.74, 6) is -0.0960. The molecule has 1 aromatic rings. The molecule has 0 aliphatic carbocycles. The number of nitrogens with zero attached hydrogens (tertiary/aromatic N) is 1. The fourth-order valence-electron chi connectivity index (χ4n) is 1.70. The standard InChI is InChI=1S/C11H12BFNO.2H2O/c13-10-6-7-14(8-10)11(15)12-9-4-2-1-3-5-9;;/h1-5,10H,6-8H2;2*1H2. The van der Waals surface area contributed by atoms with Crippen molar-refractivity contribution >= 4 is 18.5 Å². The molecule has 0 bridgehead atoms. The number of benzene rings is 1. The molecule has 1 amide bonds. The van der Waals surface area contributed by atoms with Crippen LogP contribution in [0.1, 0.15) is 6.42 Å². The first kappa shape index (κ1) is 15.6. The minimum Gasteiger partial charge on any atom is -0.412 e. The maximum atomic E-state index is 12.9. The Balaban J connectivity index is 0.00000128. The Bertz CT molecular complexity index is 350. The summed E-state index contributed by atoms with van der Waals surface area (Å²) in [6.45, 7) is 0.769. The van der Waals surface area contributed by atoms with E-state index in [-0.39, 0.29) is 23.3 Å². The van der Waals surface area contributed by atoms with Crippen LogP contribution >= 0.6 is 0 Å². The molecule has 2 rings (SSSR count). The van der Waals surface area contributed by atoms with E-state index in [0.29, 0.717) is 13.0 Å². The van der Waals surface area contributed by atoms with E-state index in [1.807, 2.05) is 30.3 Å². The zero-order valence-electron chi connectivity index (χ0n) is 9.40. The van der Waals surface area contributed by atoms with Crippen molar-refractivity contribution in [2.75, 3.05) is 13.1 Å². The van der Waals surface area contributed by atoms with Gasteiger partial charge in [-0.05, 0) is 6.42 Å². The third-order valence-corrected chi connectivity index (χ3v) is 2.53. The van der Waals surface area contributed by atoms with E-state index in [4.69, 9.17) is 0 Å². The molecule has 1 heterocycles. The predicted octanol–water partition coefficient (Wildman–Crippen LogP) is -0.470. The molecule has 6 heteroatoms. The average molecular weight is 240 g/mol. The van der Waals surface area contributed by atoms with E-state index >= 15 is 0 Å². The van der Waals surface area contributed by atoms with Crippen molar-refractivity contribution in [3.8, 4) is 0 Å². The van der Waals surface area contributed by atoms with Crippen molar-refractivity contribution in [1.82, 2.24) is 4.90 Å². The molecule has 4 nitrogen and oxygen atoms in total. The van der Waals surface area contributed by atoms with Gasteiger partial charge in [0.25, 0.3) is 7.28 Å². The van der Waals surface area contributed by atoms with Gasteiger partial charge in [-0.1, -0.05) is 35.8 Å². The van der Waals surface area contributed by atoms with Crippen molar-refractivity contribution in [3.05, 3.63) is 30.3 Å². The summed E-state index contributed by atoms with van der Waals surface area (Å²) in [5, 5.41) is 0. The highest BCUT2D eigenvalue weighted by atomic mass is 19.1. The molecule has 4 N–H and O–H groups in total. The van der Waals surface area contributed by atoms with Gasteiger partial charge in [-0.25, -0.2) is 4.39 Å². The molecule has 1 aliphatic rings. The Morgan fingerprint density at radius 1 is 1.29 bits per heavy atom. The number of alkyl halides is 1. The van der Waals surface area contributed by atoms with Crippen LogP contribution < -0.4 is 5.46 Å². The Morgan fingerprint density at radius 2 is 1.94 bits per heavy atom. The van der Waals surface area contributed by atoms with Crippen LogP contribution in [0.4, 0.5) is 9.18 Å². The maximum absolute atomic E-state index is 12.9. The quantitative estimate of drug-likeness (QED) is 0.643. The lowest BCUT2D eigenvalue weighted by molar-refractivity contribution is 0.227.